The molecule has 0 atom stereocenters. The first kappa shape index (κ1) is 19.7. The van der Waals surface area contributed by atoms with Crippen LogP contribution in [0.2, 0.25) is 0 Å². The average Bonchev–Trinajstić information content (AvgIpc) is 2.54. The molecular weight excluding hydrogens is 340 g/mol. The second-order valence-corrected chi connectivity index (χ2v) is 6.27. The Kier molecular flexibility index (Phi) is 6.40. The van der Waals surface area contributed by atoms with Crippen LogP contribution in [-0.2, 0) is 17.5 Å². The molecule has 0 bridgehead atoms. The van der Waals surface area contributed by atoms with Crippen molar-refractivity contribution in [3.05, 3.63) is 35.1 Å². The first-order valence-electron chi connectivity index (χ1n) is 8.24. The summed E-state index contributed by atoms with van der Waals surface area (Å²) < 4.78 is 52.2. The Labute approximate surface area is 144 Å². The third-order valence-electron chi connectivity index (χ3n) is 4.59. The summed E-state index contributed by atoms with van der Waals surface area (Å²) in [6.07, 6.45) is -3.07. The van der Waals surface area contributed by atoms with E-state index in [-0.39, 0.29) is 24.7 Å². The smallest absolute Gasteiger partial charge is 0.416 e. The maximum Gasteiger partial charge on any atom is 0.416 e. The highest BCUT2D eigenvalue weighted by Gasteiger charge is 2.31. The Morgan fingerprint density at radius 3 is 2.48 bits per heavy atom. The fourth-order valence-electron chi connectivity index (χ4n) is 3.23. The number of likely N-dealkylation sites (tertiary alicyclic amines) is 1. The first-order chi connectivity index (χ1) is 11.7. The summed E-state index contributed by atoms with van der Waals surface area (Å²) in [6.45, 7) is 3.80. The minimum atomic E-state index is -4.49. The number of alkyl halides is 3. The number of hydrogen-bond donors (Lipinski definition) is 1. The molecule has 0 aliphatic carbocycles. The Morgan fingerprint density at radius 2 is 1.96 bits per heavy atom. The van der Waals surface area contributed by atoms with Crippen molar-refractivity contribution >= 4 is 5.97 Å². The predicted molar refractivity (Wildman–Crippen MR) is 84.6 cm³/mol. The number of nitrogens with zero attached hydrogens (tertiary/aromatic N) is 2. The number of rotatable bonds is 6. The molecule has 1 saturated heterocycles. The Hall–Kier alpha value is -1.67. The third kappa shape index (κ3) is 5.40. The molecule has 4 nitrogen and oxygen atoms in total. The second-order valence-electron chi connectivity index (χ2n) is 6.27. The number of hydrogen-bond acceptors (Lipinski definition) is 3. The van der Waals surface area contributed by atoms with E-state index in [1.54, 1.807) is 0 Å². The van der Waals surface area contributed by atoms with Crippen molar-refractivity contribution in [2.45, 2.75) is 38.5 Å². The average molecular weight is 362 g/mol. The molecular formula is C17H22F4N2O2. The molecule has 0 spiro atoms. The molecule has 1 N–H and O–H groups in total. The molecule has 0 amide bonds. The summed E-state index contributed by atoms with van der Waals surface area (Å²) >= 11 is 0. The molecule has 1 aliphatic rings. The van der Waals surface area contributed by atoms with Gasteiger partial charge in [0.05, 0.1) is 12.1 Å². The number of piperidine rings is 1. The summed E-state index contributed by atoms with van der Waals surface area (Å²) in [6, 6.07) is 2.60. The predicted octanol–water partition coefficient (Wildman–Crippen LogP) is 3.22. The van der Waals surface area contributed by atoms with E-state index in [4.69, 9.17) is 5.11 Å². The van der Waals surface area contributed by atoms with Gasteiger partial charge >= 0.3 is 12.1 Å². The molecule has 0 unspecified atom stereocenters. The van der Waals surface area contributed by atoms with E-state index in [0.29, 0.717) is 32.5 Å². The van der Waals surface area contributed by atoms with Crippen LogP contribution >= 0.6 is 0 Å². The van der Waals surface area contributed by atoms with E-state index in [2.05, 4.69) is 0 Å². The third-order valence-corrected chi connectivity index (χ3v) is 4.59. The van der Waals surface area contributed by atoms with Crippen molar-refractivity contribution in [1.29, 1.82) is 0 Å². The number of carbonyl (C=O) groups is 1. The molecule has 2 rings (SSSR count). The minimum Gasteiger partial charge on any atom is -0.480 e. The van der Waals surface area contributed by atoms with E-state index < -0.39 is 23.5 Å². The van der Waals surface area contributed by atoms with Crippen LogP contribution in [0.25, 0.3) is 0 Å². The molecule has 140 valence electrons. The number of halogens is 4. The van der Waals surface area contributed by atoms with E-state index in [0.717, 1.165) is 18.2 Å². The highest BCUT2D eigenvalue weighted by atomic mass is 19.4. The quantitative estimate of drug-likeness (QED) is 0.790. The maximum absolute atomic E-state index is 13.8. The van der Waals surface area contributed by atoms with Gasteiger partial charge in [-0.2, -0.15) is 13.2 Å². The summed E-state index contributed by atoms with van der Waals surface area (Å²) in [7, 11) is 0. The highest BCUT2D eigenvalue weighted by molar-refractivity contribution is 5.69. The lowest BCUT2D eigenvalue weighted by molar-refractivity contribution is -0.139. The van der Waals surface area contributed by atoms with Crippen LogP contribution in [0.5, 0.6) is 0 Å². The van der Waals surface area contributed by atoms with Gasteiger partial charge in [0, 0.05) is 18.2 Å². The van der Waals surface area contributed by atoms with Crippen molar-refractivity contribution in [3.8, 4) is 0 Å². The van der Waals surface area contributed by atoms with Gasteiger partial charge in [-0.3, -0.25) is 14.6 Å². The van der Waals surface area contributed by atoms with Crippen LogP contribution in [0.1, 0.15) is 30.9 Å². The SMILES string of the molecule is CCN(CC(=O)O)C1CCN(Cc2cc(C(F)(F)F)ccc2F)CC1. The van der Waals surface area contributed by atoms with E-state index in [1.807, 2.05) is 16.7 Å². The fraction of sp³-hybridized carbons (Fsp3) is 0.588. The number of carboxylic acid groups (broad SMARTS) is 1. The van der Waals surface area contributed by atoms with Crippen molar-refractivity contribution in [2.24, 2.45) is 0 Å². The molecule has 0 saturated carbocycles. The maximum atomic E-state index is 13.8. The Bertz CT molecular complexity index is 599. The van der Waals surface area contributed by atoms with Gasteiger partial charge in [0.1, 0.15) is 5.82 Å². The van der Waals surface area contributed by atoms with Crippen LogP contribution in [0.4, 0.5) is 17.6 Å². The molecule has 1 aromatic rings. The lowest BCUT2D eigenvalue weighted by Gasteiger charge is -2.37. The van der Waals surface area contributed by atoms with Gasteiger partial charge in [-0.1, -0.05) is 6.92 Å². The Balaban J connectivity index is 1.97. The van der Waals surface area contributed by atoms with Gasteiger partial charge in [-0.15, -0.1) is 0 Å². The molecule has 25 heavy (non-hydrogen) atoms. The highest BCUT2D eigenvalue weighted by Crippen LogP contribution is 2.31. The van der Waals surface area contributed by atoms with Crippen LogP contribution in [0.3, 0.4) is 0 Å². The van der Waals surface area contributed by atoms with Gasteiger partial charge in [0.25, 0.3) is 0 Å². The monoisotopic (exact) mass is 362 g/mol. The van der Waals surface area contributed by atoms with Gasteiger partial charge in [-0.25, -0.2) is 4.39 Å². The largest absolute Gasteiger partial charge is 0.480 e. The number of carboxylic acids is 1. The van der Waals surface area contributed by atoms with Crippen LogP contribution in [0, 0.1) is 5.82 Å². The lowest BCUT2D eigenvalue weighted by Crippen LogP contribution is -2.46. The van der Waals surface area contributed by atoms with E-state index in [9.17, 15) is 22.4 Å². The van der Waals surface area contributed by atoms with Crippen molar-refractivity contribution < 1.29 is 27.5 Å². The minimum absolute atomic E-state index is 0.0244. The van der Waals surface area contributed by atoms with Crippen LogP contribution in [-0.4, -0.2) is 53.1 Å². The second kappa shape index (κ2) is 8.14. The number of benzene rings is 1. The van der Waals surface area contributed by atoms with Gasteiger partial charge < -0.3 is 5.11 Å². The van der Waals surface area contributed by atoms with E-state index >= 15 is 0 Å². The molecule has 0 aromatic heterocycles. The normalized spacial score (nSPS) is 17.2. The van der Waals surface area contributed by atoms with Crippen molar-refractivity contribution in [2.75, 3.05) is 26.2 Å². The van der Waals surface area contributed by atoms with E-state index in [1.165, 1.54) is 0 Å². The molecule has 1 heterocycles. The molecule has 1 aromatic carbocycles. The fourth-order valence-corrected chi connectivity index (χ4v) is 3.23. The van der Waals surface area contributed by atoms with Gasteiger partial charge in [0.2, 0.25) is 0 Å². The topological polar surface area (TPSA) is 43.8 Å². The van der Waals surface area contributed by atoms with Crippen LogP contribution < -0.4 is 0 Å². The standard InChI is InChI=1S/C17H22F4N2O2/c1-2-23(11-16(24)25)14-5-7-22(8-6-14)10-12-9-13(17(19,20)21)3-4-15(12)18/h3-4,9,14H,2,5-8,10-11H2,1H3,(H,24,25). The van der Waals surface area contributed by atoms with Gasteiger partial charge in [0.15, 0.2) is 0 Å². The first-order valence-corrected chi connectivity index (χ1v) is 8.24. The number of aliphatic carboxylic acids is 1. The number of likely N-dealkylation sites (N-methyl/N-ethyl adjacent to an activating group) is 1. The summed E-state index contributed by atoms with van der Waals surface area (Å²) in [5, 5.41) is 8.93. The summed E-state index contributed by atoms with van der Waals surface area (Å²) in [4.78, 5) is 14.7. The zero-order valence-electron chi connectivity index (χ0n) is 14.0. The molecule has 1 fully saturated rings. The molecule has 1 aliphatic heterocycles. The van der Waals surface area contributed by atoms with Crippen molar-refractivity contribution in [3.63, 3.8) is 0 Å². The van der Waals surface area contributed by atoms with Gasteiger partial charge in [-0.05, 0) is 50.7 Å². The Morgan fingerprint density at radius 1 is 1.32 bits per heavy atom. The van der Waals surface area contributed by atoms with Crippen LogP contribution in [0.15, 0.2) is 18.2 Å². The molecule has 0 radical (unpaired) electrons. The van der Waals surface area contributed by atoms with Crippen molar-refractivity contribution in [1.82, 2.24) is 9.80 Å². The zero-order valence-corrected chi connectivity index (χ0v) is 14.0. The summed E-state index contributed by atoms with van der Waals surface area (Å²) in [5.74, 6) is -1.52. The zero-order chi connectivity index (χ0) is 18.6. The summed E-state index contributed by atoms with van der Waals surface area (Å²) in [5.41, 5.74) is -0.816. The molecule has 8 heteroatoms. The lowest BCUT2D eigenvalue weighted by atomic mass is 10.0.